The zero-order chi connectivity index (χ0) is 19.3. The fourth-order valence-electron chi connectivity index (χ4n) is 2.66. The molecule has 0 unspecified atom stereocenters. The molecule has 9 heteroatoms. The molecule has 3 N–H and O–H groups in total. The van der Waals surface area contributed by atoms with Crippen molar-refractivity contribution < 1.29 is 23.9 Å². The number of amides is 5. The van der Waals surface area contributed by atoms with Crippen LogP contribution in [0, 0.1) is 0 Å². The van der Waals surface area contributed by atoms with E-state index in [0.717, 1.165) is 9.80 Å². The maximum absolute atomic E-state index is 12.5. The van der Waals surface area contributed by atoms with Crippen LogP contribution in [0.25, 0.3) is 0 Å². The number of hydrogen-bond donors (Lipinski definition) is 2. The Kier molecular flexibility index (Phi) is 6.42. The van der Waals surface area contributed by atoms with Crippen LogP contribution in [-0.4, -0.2) is 66.9 Å². The first-order valence-electron chi connectivity index (χ1n) is 8.19. The molecule has 1 heterocycles. The molecule has 0 radical (unpaired) electrons. The van der Waals surface area contributed by atoms with Crippen molar-refractivity contribution in [2.75, 3.05) is 38.7 Å². The Morgan fingerprint density at radius 2 is 1.92 bits per heavy atom. The van der Waals surface area contributed by atoms with Crippen LogP contribution in [0.1, 0.15) is 34.1 Å². The summed E-state index contributed by atoms with van der Waals surface area (Å²) in [6.45, 7) is 2.18. The minimum absolute atomic E-state index is 0.0802. The second-order valence-electron chi connectivity index (χ2n) is 5.76. The molecule has 9 nitrogen and oxygen atoms in total. The number of carbonyl (C=O) groups excluding carboxylic acids is 4. The predicted molar refractivity (Wildman–Crippen MR) is 93.8 cm³/mol. The number of methoxy groups -OCH3 is 1. The Morgan fingerprint density at radius 1 is 1.23 bits per heavy atom. The number of nitrogens with two attached hydrogens (primary N) is 1. The van der Waals surface area contributed by atoms with E-state index in [0.29, 0.717) is 18.7 Å². The summed E-state index contributed by atoms with van der Waals surface area (Å²) in [5.41, 5.74) is 6.23. The van der Waals surface area contributed by atoms with Gasteiger partial charge in [0.05, 0.1) is 11.1 Å². The molecule has 1 aliphatic heterocycles. The molecule has 1 aromatic carbocycles. The van der Waals surface area contributed by atoms with E-state index in [1.807, 2.05) is 0 Å². The third-order valence-corrected chi connectivity index (χ3v) is 3.93. The summed E-state index contributed by atoms with van der Waals surface area (Å²) in [5, 5.41) is 2.55. The lowest BCUT2D eigenvalue weighted by Crippen LogP contribution is -2.41. The van der Waals surface area contributed by atoms with Crippen LogP contribution in [0.2, 0.25) is 0 Å². The molecule has 0 aliphatic carbocycles. The third kappa shape index (κ3) is 4.06. The summed E-state index contributed by atoms with van der Waals surface area (Å²) >= 11 is 0. The molecule has 0 atom stereocenters. The fourth-order valence-corrected chi connectivity index (χ4v) is 2.66. The largest absolute Gasteiger partial charge is 0.385 e. The van der Waals surface area contributed by atoms with E-state index in [1.54, 1.807) is 7.11 Å². The molecule has 2 rings (SSSR count). The highest BCUT2D eigenvalue weighted by Gasteiger charge is 2.35. The standard InChI is InChI=1S/C17H22N4O5/c1-11(22)20(8-6-18)17(25)19-12-4-5-13-14(10-12)16(24)21(15(13)23)7-3-9-26-2/h4-5,10H,3,6-9,18H2,1-2H3,(H,19,25). The molecule has 5 amide bonds. The van der Waals surface area contributed by atoms with Crippen LogP contribution in [0.5, 0.6) is 0 Å². The van der Waals surface area contributed by atoms with Gasteiger partial charge in [-0.15, -0.1) is 0 Å². The van der Waals surface area contributed by atoms with E-state index in [2.05, 4.69) is 5.32 Å². The molecule has 1 aromatic rings. The Morgan fingerprint density at radius 3 is 2.54 bits per heavy atom. The second-order valence-corrected chi connectivity index (χ2v) is 5.76. The molecular formula is C17H22N4O5. The first kappa shape index (κ1) is 19.5. The van der Waals surface area contributed by atoms with Gasteiger partial charge in [-0.3, -0.25) is 24.2 Å². The summed E-state index contributed by atoms with van der Waals surface area (Å²) in [7, 11) is 1.55. The summed E-state index contributed by atoms with van der Waals surface area (Å²) < 4.78 is 4.94. The normalized spacial score (nSPS) is 13.0. The smallest absolute Gasteiger partial charge is 0.328 e. The molecular weight excluding hydrogens is 340 g/mol. The number of ether oxygens (including phenoxy) is 1. The van der Waals surface area contributed by atoms with Gasteiger partial charge >= 0.3 is 6.03 Å². The van der Waals surface area contributed by atoms with E-state index in [1.165, 1.54) is 25.1 Å². The van der Waals surface area contributed by atoms with Crippen LogP contribution in [0.3, 0.4) is 0 Å². The molecule has 0 saturated carbocycles. The van der Waals surface area contributed by atoms with E-state index in [4.69, 9.17) is 10.5 Å². The minimum Gasteiger partial charge on any atom is -0.385 e. The number of rotatable bonds is 7. The monoisotopic (exact) mass is 362 g/mol. The lowest BCUT2D eigenvalue weighted by atomic mass is 10.1. The van der Waals surface area contributed by atoms with Crippen molar-refractivity contribution in [2.24, 2.45) is 5.73 Å². The first-order chi connectivity index (χ1) is 12.4. The van der Waals surface area contributed by atoms with Crippen molar-refractivity contribution in [1.29, 1.82) is 0 Å². The molecule has 0 saturated heterocycles. The number of urea groups is 1. The van der Waals surface area contributed by atoms with Crippen molar-refractivity contribution in [2.45, 2.75) is 13.3 Å². The molecule has 0 fully saturated rings. The van der Waals surface area contributed by atoms with Gasteiger partial charge in [0.15, 0.2) is 0 Å². The molecule has 1 aliphatic rings. The number of fused-ring (bicyclic) bond motifs is 1. The van der Waals surface area contributed by atoms with Crippen LogP contribution in [0.15, 0.2) is 18.2 Å². The quantitative estimate of drug-likeness (QED) is 0.543. The van der Waals surface area contributed by atoms with Crippen molar-refractivity contribution in [3.63, 3.8) is 0 Å². The zero-order valence-electron chi connectivity index (χ0n) is 14.8. The molecule has 140 valence electrons. The van der Waals surface area contributed by atoms with E-state index in [-0.39, 0.29) is 36.7 Å². The highest BCUT2D eigenvalue weighted by atomic mass is 16.5. The van der Waals surface area contributed by atoms with Crippen LogP contribution in [0.4, 0.5) is 10.5 Å². The maximum Gasteiger partial charge on any atom is 0.328 e. The van der Waals surface area contributed by atoms with Gasteiger partial charge < -0.3 is 15.8 Å². The SMILES string of the molecule is COCCCN1C(=O)c2ccc(NC(=O)N(CCN)C(C)=O)cc2C1=O. The zero-order valence-corrected chi connectivity index (χ0v) is 14.8. The maximum atomic E-state index is 12.5. The average molecular weight is 362 g/mol. The topological polar surface area (TPSA) is 122 Å². The Hall–Kier alpha value is -2.78. The van der Waals surface area contributed by atoms with Gasteiger partial charge in [0.2, 0.25) is 5.91 Å². The number of carbonyl (C=O) groups is 4. The number of nitrogens with zero attached hydrogens (tertiary/aromatic N) is 2. The fraction of sp³-hybridized carbons (Fsp3) is 0.412. The second kappa shape index (κ2) is 8.54. The number of imide groups is 2. The van der Waals surface area contributed by atoms with Gasteiger partial charge in [0.25, 0.3) is 11.8 Å². The van der Waals surface area contributed by atoms with Gasteiger partial charge in [0.1, 0.15) is 0 Å². The van der Waals surface area contributed by atoms with Gasteiger partial charge in [-0.05, 0) is 24.6 Å². The summed E-state index contributed by atoms with van der Waals surface area (Å²) in [6.07, 6.45) is 0.540. The van der Waals surface area contributed by atoms with Gasteiger partial charge in [-0.25, -0.2) is 4.79 Å². The van der Waals surface area contributed by atoms with Gasteiger partial charge in [-0.2, -0.15) is 0 Å². The number of nitrogens with one attached hydrogen (secondary N) is 1. The van der Waals surface area contributed by atoms with Gasteiger partial charge in [0, 0.05) is 46.0 Å². The van der Waals surface area contributed by atoms with Crippen molar-refractivity contribution in [3.8, 4) is 0 Å². The van der Waals surface area contributed by atoms with Crippen molar-refractivity contribution >= 4 is 29.4 Å². The summed E-state index contributed by atoms with van der Waals surface area (Å²) in [5.74, 6) is -1.22. The lowest BCUT2D eigenvalue weighted by molar-refractivity contribution is -0.125. The number of hydrogen-bond acceptors (Lipinski definition) is 6. The van der Waals surface area contributed by atoms with E-state index >= 15 is 0 Å². The van der Waals surface area contributed by atoms with Gasteiger partial charge in [-0.1, -0.05) is 0 Å². The summed E-state index contributed by atoms with van der Waals surface area (Å²) in [4.78, 5) is 50.6. The Bertz CT molecular complexity index is 734. The molecule has 26 heavy (non-hydrogen) atoms. The van der Waals surface area contributed by atoms with Crippen molar-refractivity contribution in [1.82, 2.24) is 9.80 Å². The van der Waals surface area contributed by atoms with Crippen LogP contribution < -0.4 is 11.1 Å². The van der Waals surface area contributed by atoms with Crippen LogP contribution in [-0.2, 0) is 9.53 Å². The van der Waals surface area contributed by atoms with E-state index in [9.17, 15) is 19.2 Å². The predicted octanol–water partition coefficient (Wildman–Crippen LogP) is 0.658. The Balaban J connectivity index is 2.15. The number of anilines is 1. The highest BCUT2D eigenvalue weighted by molar-refractivity contribution is 6.21. The highest BCUT2D eigenvalue weighted by Crippen LogP contribution is 2.26. The van der Waals surface area contributed by atoms with Crippen molar-refractivity contribution in [3.05, 3.63) is 29.3 Å². The molecule has 0 aromatic heterocycles. The average Bonchev–Trinajstić information content (AvgIpc) is 2.84. The molecule has 0 spiro atoms. The van der Waals surface area contributed by atoms with Crippen LogP contribution >= 0.6 is 0 Å². The molecule has 0 bridgehead atoms. The third-order valence-electron chi connectivity index (χ3n) is 3.93. The lowest BCUT2D eigenvalue weighted by Gasteiger charge is -2.18. The first-order valence-corrected chi connectivity index (χ1v) is 8.19. The van der Waals surface area contributed by atoms with E-state index < -0.39 is 17.8 Å². The minimum atomic E-state index is -0.642. The Labute approximate surface area is 151 Å². The number of benzene rings is 1. The summed E-state index contributed by atoms with van der Waals surface area (Å²) in [6, 6.07) is 3.80.